The third-order valence-electron chi connectivity index (χ3n) is 3.64. The van der Waals surface area contributed by atoms with Crippen molar-refractivity contribution in [3.63, 3.8) is 0 Å². The van der Waals surface area contributed by atoms with Crippen LogP contribution in [0.3, 0.4) is 0 Å². The largest absolute Gasteiger partial charge is 0.392 e. The molecule has 19 heavy (non-hydrogen) atoms. The Bertz CT molecular complexity index is 425. The smallest absolute Gasteiger partial charge is 0.126 e. The number of aliphatic hydroxyl groups is 1. The van der Waals surface area contributed by atoms with E-state index < -0.39 is 0 Å². The molecule has 2 atom stereocenters. The van der Waals surface area contributed by atoms with Gasteiger partial charge in [0.15, 0.2) is 0 Å². The number of hydrogen-bond acceptors (Lipinski definition) is 3. The van der Waals surface area contributed by atoms with Gasteiger partial charge in [-0.1, -0.05) is 19.1 Å². The molecule has 1 saturated heterocycles. The van der Waals surface area contributed by atoms with Crippen LogP contribution in [0.15, 0.2) is 18.2 Å². The summed E-state index contributed by atoms with van der Waals surface area (Å²) in [4.78, 5) is 2.21. The normalized spacial score (nSPS) is 22.4. The maximum Gasteiger partial charge on any atom is 0.126 e. The number of aryl methyl sites for hydroxylation is 1. The second kappa shape index (κ2) is 6.46. The predicted octanol–water partition coefficient (Wildman–Crippen LogP) is 2.28. The molecular weight excluding hydrogens is 245 g/mol. The molecule has 0 amide bonds. The van der Waals surface area contributed by atoms with Gasteiger partial charge in [0.25, 0.3) is 0 Å². The highest BCUT2D eigenvalue weighted by Crippen LogP contribution is 2.24. The fourth-order valence-corrected chi connectivity index (χ4v) is 2.37. The average molecular weight is 267 g/mol. The van der Waals surface area contributed by atoms with Gasteiger partial charge < -0.3 is 9.84 Å². The Kier molecular flexibility index (Phi) is 4.91. The molecular formula is C15H22FNO2. The van der Waals surface area contributed by atoms with Crippen molar-refractivity contribution in [1.82, 2.24) is 4.90 Å². The zero-order valence-corrected chi connectivity index (χ0v) is 11.6. The van der Waals surface area contributed by atoms with Crippen LogP contribution < -0.4 is 0 Å². The van der Waals surface area contributed by atoms with Gasteiger partial charge in [0.2, 0.25) is 0 Å². The number of ether oxygens (including phenoxy) is 1. The minimum absolute atomic E-state index is 0.0305. The van der Waals surface area contributed by atoms with Gasteiger partial charge >= 0.3 is 0 Å². The third kappa shape index (κ3) is 3.75. The Hall–Kier alpha value is -0.970. The number of nitrogens with zero attached hydrogens (tertiary/aromatic N) is 1. The van der Waals surface area contributed by atoms with Crippen molar-refractivity contribution in [3.05, 3.63) is 35.1 Å². The second-order valence-electron chi connectivity index (χ2n) is 5.19. The minimum atomic E-state index is -0.284. The van der Waals surface area contributed by atoms with Crippen molar-refractivity contribution in [2.24, 2.45) is 0 Å². The van der Waals surface area contributed by atoms with E-state index in [1.54, 1.807) is 13.0 Å². The van der Waals surface area contributed by atoms with E-state index in [1.807, 2.05) is 13.0 Å². The molecule has 0 aliphatic carbocycles. The van der Waals surface area contributed by atoms with Crippen LogP contribution in [0.2, 0.25) is 0 Å². The molecule has 1 aliphatic rings. The average Bonchev–Trinajstić information content (AvgIpc) is 2.42. The molecule has 1 aromatic rings. The summed E-state index contributed by atoms with van der Waals surface area (Å²) in [5.74, 6) is -0.183. The van der Waals surface area contributed by atoms with Gasteiger partial charge in [0, 0.05) is 19.6 Å². The lowest BCUT2D eigenvalue weighted by Crippen LogP contribution is -2.42. The van der Waals surface area contributed by atoms with Crippen LogP contribution in [-0.2, 0) is 4.74 Å². The maximum atomic E-state index is 13.3. The van der Waals surface area contributed by atoms with Crippen molar-refractivity contribution in [1.29, 1.82) is 0 Å². The van der Waals surface area contributed by atoms with Crippen molar-refractivity contribution in [3.8, 4) is 0 Å². The first-order valence-corrected chi connectivity index (χ1v) is 6.88. The highest BCUT2D eigenvalue weighted by Gasteiger charge is 2.23. The number of β-amino-alcohol motifs (C(OH)–C–C–N with tert-alkyl or cyclic N) is 1. The molecule has 3 nitrogen and oxygen atoms in total. The molecule has 0 saturated carbocycles. The van der Waals surface area contributed by atoms with Crippen molar-refractivity contribution < 1.29 is 14.2 Å². The quantitative estimate of drug-likeness (QED) is 0.908. The molecule has 2 rings (SSSR count). The van der Waals surface area contributed by atoms with Crippen LogP contribution in [0.5, 0.6) is 0 Å². The fourth-order valence-electron chi connectivity index (χ4n) is 2.37. The summed E-state index contributed by atoms with van der Waals surface area (Å²) >= 11 is 0. The Morgan fingerprint density at radius 1 is 1.53 bits per heavy atom. The van der Waals surface area contributed by atoms with Crippen LogP contribution >= 0.6 is 0 Å². The summed E-state index contributed by atoms with van der Waals surface area (Å²) in [7, 11) is 0. The lowest BCUT2D eigenvalue weighted by molar-refractivity contribution is -0.0423. The Morgan fingerprint density at radius 3 is 3.00 bits per heavy atom. The Morgan fingerprint density at radius 2 is 2.32 bits per heavy atom. The molecule has 0 radical (unpaired) electrons. The fraction of sp³-hybridized carbons (Fsp3) is 0.600. The van der Waals surface area contributed by atoms with E-state index in [-0.39, 0.29) is 18.0 Å². The van der Waals surface area contributed by atoms with Gasteiger partial charge in [-0.3, -0.25) is 4.90 Å². The van der Waals surface area contributed by atoms with Gasteiger partial charge in [-0.05, 0) is 30.5 Å². The zero-order chi connectivity index (χ0) is 13.8. The van der Waals surface area contributed by atoms with E-state index in [0.29, 0.717) is 18.7 Å². The monoisotopic (exact) mass is 267 g/mol. The standard InChI is InChI=1S/C15H22FNO2/c1-3-13(18)9-17-6-7-19-15(10-17)12-4-5-14(16)11(2)8-12/h4-5,8,13,15,18H,3,6-7,9-10H2,1-2H3/t13-,15?/m1/s1. The summed E-state index contributed by atoms with van der Waals surface area (Å²) < 4.78 is 19.0. The molecule has 1 aromatic carbocycles. The van der Waals surface area contributed by atoms with Gasteiger partial charge in [0.05, 0.1) is 18.8 Å². The topological polar surface area (TPSA) is 32.7 Å². The molecule has 1 aliphatic heterocycles. The molecule has 1 N–H and O–H groups in total. The van der Waals surface area contributed by atoms with Gasteiger partial charge in [0.1, 0.15) is 5.82 Å². The maximum absolute atomic E-state index is 13.3. The van der Waals surface area contributed by atoms with Gasteiger partial charge in [-0.25, -0.2) is 4.39 Å². The van der Waals surface area contributed by atoms with Gasteiger partial charge in [-0.2, -0.15) is 0 Å². The molecule has 1 fully saturated rings. The van der Waals surface area contributed by atoms with E-state index in [4.69, 9.17) is 4.74 Å². The summed E-state index contributed by atoms with van der Waals surface area (Å²) in [5.41, 5.74) is 1.65. The molecule has 0 spiro atoms. The molecule has 1 unspecified atom stereocenters. The van der Waals surface area contributed by atoms with Crippen LogP contribution in [0.4, 0.5) is 4.39 Å². The minimum Gasteiger partial charge on any atom is -0.392 e. The summed E-state index contributed by atoms with van der Waals surface area (Å²) in [5, 5.41) is 9.72. The second-order valence-corrected chi connectivity index (χ2v) is 5.19. The Labute approximate surface area is 114 Å². The first-order chi connectivity index (χ1) is 9.10. The van der Waals surface area contributed by atoms with Crippen molar-refractivity contribution >= 4 is 0 Å². The third-order valence-corrected chi connectivity index (χ3v) is 3.64. The summed E-state index contributed by atoms with van der Waals surface area (Å²) in [6, 6.07) is 5.13. The number of hydrogen-bond donors (Lipinski definition) is 1. The summed E-state index contributed by atoms with van der Waals surface area (Å²) in [6.45, 7) is 6.66. The van der Waals surface area contributed by atoms with Crippen LogP contribution in [0.1, 0.15) is 30.6 Å². The lowest BCUT2D eigenvalue weighted by atomic mass is 10.0. The van der Waals surface area contributed by atoms with E-state index in [0.717, 1.165) is 25.1 Å². The van der Waals surface area contributed by atoms with E-state index in [9.17, 15) is 9.50 Å². The van der Waals surface area contributed by atoms with Crippen LogP contribution in [0, 0.1) is 12.7 Å². The van der Waals surface area contributed by atoms with Crippen LogP contribution in [-0.4, -0.2) is 42.4 Å². The number of halogens is 1. The first kappa shape index (κ1) is 14.4. The highest BCUT2D eigenvalue weighted by molar-refractivity contribution is 5.26. The van der Waals surface area contributed by atoms with E-state index in [1.165, 1.54) is 6.07 Å². The molecule has 0 bridgehead atoms. The van der Waals surface area contributed by atoms with E-state index in [2.05, 4.69) is 4.90 Å². The van der Waals surface area contributed by atoms with Crippen LogP contribution in [0.25, 0.3) is 0 Å². The number of aliphatic hydroxyl groups excluding tert-OH is 1. The van der Waals surface area contributed by atoms with Gasteiger partial charge in [-0.15, -0.1) is 0 Å². The van der Waals surface area contributed by atoms with E-state index >= 15 is 0 Å². The number of benzene rings is 1. The number of morpholine rings is 1. The zero-order valence-electron chi connectivity index (χ0n) is 11.6. The molecule has 106 valence electrons. The highest BCUT2D eigenvalue weighted by atomic mass is 19.1. The molecule has 0 aromatic heterocycles. The molecule has 1 heterocycles. The SMILES string of the molecule is CC[C@@H](O)CN1CCOC(c2ccc(F)c(C)c2)C1. The first-order valence-electron chi connectivity index (χ1n) is 6.88. The van der Waals surface area contributed by atoms with Crippen molar-refractivity contribution in [2.75, 3.05) is 26.2 Å². The Balaban J connectivity index is 2.02. The predicted molar refractivity (Wildman–Crippen MR) is 72.6 cm³/mol. The number of rotatable bonds is 4. The lowest BCUT2D eigenvalue weighted by Gasteiger charge is -2.34. The molecule has 4 heteroatoms. The summed E-state index contributed by atoms with van der Waals surface area (Å²) in [6.07, 6.45) is 0.448. The van der Waals surface area contributed by atoms with Crippen molar-refractivity contribution in [2.45, 2.75) is 32.5 Å².